The summed E-state index contributed by atoms with van der Waals surface area (Å²) >= 11 is 0. The highest BCUT2D eigenvalue weighted by Gasteiger charge is 2.31. The molecule has 0 saturated carbocycles. The van der Waals surface area contributed by atoms with Crippen LogP contribution in [0.25, 0.3) is 0 Å². The van der Waals surface area contributed by atoms with E-state index in [1.807, 2.05) is 0 Å². The minimum absolute atomic E-state index is 0.0107. The predicted molar refractivity (Wildman–Crippen MR) is 67.0 cm³/mol. The fraction of sp³-hybridized carbons (Fsp3) is 0.462. The molecule has 0 saturated heterocycles. The van der Waals surface area contributed by atoms with Crippen LogP contribution in [0.4, 0.5) is 18.9 Å². The van der Waals surface area contributed by atoms with Crippen molar-refractivity contribution < 1.29 is 28.2 Å². The van der Waals surface area contributed by atoms with Crippen molar-refractivity contribution in [3.05, 3.63) is 29.3 Å². The van der Waals surface area contributed by atoms with E-state index in [1.54, 1.807) is 0 Å². The van der Waals surface area contributed by atoms with Gasteiger partial charge in [0.1, 0.15) is 0 Å². The average Bonchev–Trinajstić information content (AvgIpc) is 2.34. The first-order valence-corrected chi connectivity index (χ1v) is 6.03. The number of rotatable bonds is 5. The third-order valence-electron chi connectivity index (χ3n) is 2.68. The highest BCUT2D eigenvalue weighted by Crippen LogP contribution is 2.35. The minimum Gasteiger partial charge on any atom is -0.396 e. The number of halogens is 3. The van der Waals surface area contributed by atoms with Crippen molar-refractivity contribution in [3.63, 3.8) is 0 Å². The summed E-state index contributed by atoms with van der Waals surface area (Å²) in [5, 5.41) is 21.0. The van der Waals surface area contributed by atoms with Crippen LogP contribution in [0.1, 0.15) is 37.0 Å². The van der Waals surface area contributed by atoms with E-state index in [9.17, 15) is 23.1 Å². The van der Waals surface area contributed by atoms with Crippen LogP contribution >= 0.6 is 0 Å². The lowest BCUT2D eigenvalue weighted by Crippen LogP contribution is -2.13. The Labute approximate surface area is 114 Å². The molecule has 0 aliphatic rings. The monoisotopic (exact) mass is 291 g/mol. The maximum Gasteiger partial charge on any atom is 0.416 e. The van der Waals surface area contributed by atoms with Gasteiger partial charge in [0.2, 0.25) is 5.91 Å². The summed E-state index contributed by atoms with van der Waals surface area (Å²) in [4.78, 5) is 11.0. The number of aliphatic hydroxyl groups excluding tert-OH is 2. The molecular weight excluding hydrogens is 275 g/mol. The zero-order valence-corrected chi connectivity index (χ0v) is 10.9. The number of aliphatic hydroxyl groups is 2. The van der Waals surface area contributed by atoms with Gasteiger partial charge in [-0.05, 0) is 31.0 Å². The number of carbonyl (C=O) groups is 1. The Balaban J connectivity index is 3.15. The van der Waals surface area contributed by atoms with Crippen molar-refractivity contribution in [2.75, 3.05) is 11.9 Å². The molecule has 0 aromatic heterocycles. The molecule has 0 aliphatic heterocycles. The molecule has 0 radical (unpaired) electrons. The van der Waals surface area contributed by atoms with E-state index in [0.717, 1.165) is 18.2 Å². The number of hydrogen-bond donors (Lipinski definition) is 3. The number of hydrogen-bond acceptors (Lipinski definition) is 3. The molecule has 1 rings (SSSR count). The quantitative estimate of drug-likeness (QED) is 0.780. The van der Waals surface area contributed by atoms with Crippen LogP contribution in [0.3, 0.4) is 0 Å². The molecule has 20 heavy (non-hydrogen) atoms. The van der Waals surface area contributed by atoms with Gasteiger partial charge in [0.15, 0.2) is 0 Å². The first kappa shape index (κ1) is 16.5. The van der Waals surface area contributed by atoms with Crippen molar-refractivity contribution in [3.8, 4) is 0 Å². The molecule has 1 amide bonds. The van der Waals surface area contributed by atoms with Crippen molar-refractivity contribution in [2.24, 2.45) is 0 Å². The summed E-state index contributed by atoms with van der Waals surface area (Å²) in [6.45, 7) is 1.05. The van der Waals surface area contributed by atoms with Gasteiger partial charge in [-0.15, -0.1) is 0 Å². The lowest BCUT2D eigenvalue weighted by atomic mass is 10.00. The molecule has 1 aromatic carbocycles. The van der Waals surface area contributed by atoms with Crippen molar-refractivity contribution >= 4 is 11.6 Å². The van der Waals surface area contributed by atoms with Crippen LogP contribution < -0.4 is 5.32 Å². The Kier molecular flexibility index (Phi) is 5.52. The minimum atomic E-state index is -4.53. The van der Waals surface area contributed by atoms with E-state index in [4.69, 9.17) is 5.11 Å². The van der Waals surface area contributed by atoms with E-state index in [2.05, 4.69) is 5.32 Å². The van der Waals surface area contributed by atoms with Gasteiger partial charge in [0.05, 0.1) is 11.7 Å². The first-order chi connectivity index (χ1) is 9.25. The lowest BCUT2D eigenvalue weighted by Gasteiger charge is -2.18. The van der Waals surface area contributed by atoms with E-state index < -0.39 is 23.8 Å². The van der Waals surface area contributed by atoms with E-state index in [1.165, 1.54) is 6.92 Å². The van der Waals surface area contributed by atoms with Crippen LogP contribution in [0, 0.1) is 0 Å². The van der Waals surface area contributed by atoms with Gasteiger partial charge in [0, 0.05) is 24.8 Å². The molecule has 0 heterocycles. The van der Waals surface area contributed by atoms with Crippen LogP contribution in [0.5, 0.6) is 0 Å². The van der Waals surface area contributed by atoms with Crippen LogP contribution in [0.15, 0.2) is 18.2 Å². The van der Waals surface area contributed by atoms with Crippen molar-refractivity contribution in [1.82, 2.24) is 0 Å². The topological polar surface area (TPSA) is 69.6 Å². The van der Waals surface area contributed by atoms with Crippen LogP contribution in [-0.2, 0) is 11.0 Å². The molecule has 0 spiro atoms. The van der Waals surface area contributed by atoms with Gasteiger partial charge in [-0.2, -0.15) is 13.2 Å². The van der Waals surface area contributed by atoms with Gasteiger partial charge in [0.25, 0.3) is 0 Å². The molecule has 1 atom stereocenters. The summed E-state index contributed by atoms with van der Waals surface area (Å²) in [5.74, 6) is -0.444. The number of anilines is 1. The van der Waals surface area contributed by atoms with Crippen molar-refractivity contribution in [1.29, 1.82) is 0 Å². The summed E-state index contributed by atoms with van der Waals surface area (Å²) in [5.41, 5.74) is -0.774. The molecule has 0 bridgehead atoms. The number of benzene rings is 1. The lowest BCUT2D eigenvalue weighted by molar-refractivity contribution is -0.137. The summed E-state index contributed by atoms with van der Waals surface area (Å²) < 4.78 is 38.0. The van der Waals surface area contributed by atoms with Gasteiger partial charge in [-0.1, -0.05) is 0 Å². The molecule has 7 heteroatoms. The Hall–Kier alpha value is -1.60. The summed E-state index contributed by atoms with van der Waals surface area (Å²) in [6.07, 6.45) is -5.37. The SMILES string of the molecule is CC(=O)Nc1ccc(C(F)(F)F)cc1C(O)CCCO. The Morgan fingerprint density at radius 2 is 2.05 bits per heavy atom. The molecule has 3 N–H and O–H groups in total. The standard InChI is InChI=1S/C13H16F3NO3/c1-8(19)17-11-5-4-9(13(14,15)16)7-10(11)12(20)3-2-6-18/h4-5,7,12,18,20H,2-3,6H2,1H3,(H,17,19). The molecule has 0 aliphatic carbocycles. The average molecular weight is 291 g/mol. The van der Waals surface area contributed by atoms with E-state index >= 15 is 0 Å². The summed E-state index contributed by atoms with van der Waals surface area (Å²) in [6, 6.07) is 2.77. The summed E-state index contributed by atoms with van der Waals surface area (Å²) in [7, 11) is 0. The maximum atomic E-state index is 12.7. The second kappa shape index (κ2) is 6.71. The third kappa shape index (κ3) is 4.50. The molecule has 4 nitrogen and oxygen atoms in total. The van der Waals surface area contributed by atoms with E-state index in [0.29, 0.717) is 0 Å². The predicted octanol–water partition coefficient (Wildman–Crippen LogP) is 2.47. The van der Waals surface area contributed by atoms with Gasteiger partial charge < -0.3 is 15.5 Å². The fourth-order valence-electron chi connectivity index (χ4n) is 1.76. The molecular formula is C13H16F3NO3. The van der Waals surface area contributed by atoms with Crippen molar-refractivity contribution in [2.45, 2.75) is 32.0 Å². The molecule has 1 unspecified atom stereocenters. The highest BCUT2D eigenvalue weighted by molar-refractivity contribution is 5.89. The van der Waals surface area contributed by atoms with Crippen LogP contribution in [0.2, 0.25) is 0 Å². The number of amides is 1. The number of nitrogens with one attached hydrogen (secondary N) is 1. The zero-order chi connectivity index (χ0) is 15.3. The van der Waals surface area contributed by atoms with Crippen LogP contribution in [-0.4, -0.2) is 22.7 Å². The second-order valence-electron chi connectivity index (χ2n) is 4.36. The zero-order valence-electron chi connectivity index (χ0n) is 10.9. The highest BCUT2D eigenvalue weighted by atomic mass is 19.4. The normalized spacial score (nSPS) is 13.1. The third-order valence-corrected chi connectivity index (χ3v) is 2.68. The van der Waals surface area contributed by atoms with Gasteiger partial charge in [-0.25, -0.2) is 0 Å². The van der Waals surface area contributed by atoms with Gasteiger partial charge in [-0.3, -0.25) is 4.79 Å². The molecule has 112 valence electrons. The number of carbonyl (C=O) groups excluding carboxylic acids is 1. The first-order valence-electron chi connectivity index (χ1n) is 6.03. The Morgan fingerprint density at radius 3 is 2.55 bits per heavy atom. The largest absolute Gasteiger partial charge is 0.416 e. The number of alkyl halides is 3. The second-order valence-corrected chi connectivity index (χ2v) is 4.36. The van der Waals surface area contributed by atoms with E-state index in [-0.39, 0.29) is 30.7 Å². The van der Waals surface area contributed by atoms with Gasteiger partial charge >= 0.3 is 6.18 Å². The molecule has 0 fully saturated rings. The maximum absolute atomic E-state index is 12.7. The fourth-order valence-corrected chi connectivity index (χ4v) is 1.76. The Bertz CT molecular complexity index is 474. The Morgan fingerprint density at radius 1 is 1.40 bits per heavy atom. The molecule has 1 aromatic rings. The smallest absolute Gasteiger partial charge is 0.396 e.